The molecule has 1 aromatic heterocycles. The smallest absolute Gasteiger partial charge is 0.389 e. The van der Waals surface area contributed by atoms with Gasteiger partial charge in [0.25, 0.3) is 0 Å². The van der Waals surface area contributed by atoms with Crippen molar-refractivity contribution in [1.29, 1.82) is 0 Å². The normalized spacial score (nSPS) is 12.0. The average molecular weight is 289 g/mol. The fourth-order valence-corrected chi connectivity index (χ4v) is 2.63. The quantitative estimate of drug-likeness (QED) is 0.662. The first kappa shape index (κ1) is 13.9. The molecule has 0 radical (unpaired) electrons. The van der Waals surface area contributed by atoms with Gasteiger partial charge in [-0.3, -0.25) is 0 Å². The van der Waals surface area contributed by atoms with Crippen molar-refractivity contribution < 1.29 is 13.2 Å². The summed E-state index contributed by atoms with van der Waals surface area (Å²) in [5, 5.41) is 3.86. The van der Waals surface area contributed by atoms with Crippen LogP contribution in [0, 0.1) is 6.92 Å². The van der Waals surface area contributed by atoms with E-state index in [4.69, 9.17) is 5.73 Å². The Morgan fingerprint density at radius 1 is 1.37 bits per heavy atom. The molecule has 2 aromatic rings. The summed E-state index contributed by atoms with van der Waals surface area (Å²) in [5.41, 5.74) is 7.84. The SMILES string of the molecule is Cc1nc2cc(NCCCC(F)(F)F)c(N)cc2s1. The summed E-state index contributed by atoms with van der Waals surface area (Å²) in [6.07, 6.45) is -4.88. The predicted octanol–water partition coefficient (Wildman–Crippen LogP) is 3.94. The summed E-state index contributed by atoms with van der Waals surface area (Å²) in [6, 6.07) is 3.58. The fraction of sp³-hybridized carbons (Fsp3) is 0.417. The van der Waals surface area contributed by atoms with Crippen LogP contribution in [0.3, 0.4) is 0 Å². The maximum atomic E-state index is 12.0. The lowest BCUT2D eigenvalue weighted by molar-refractivity contribution is -0.134. The van der Waals surface area contributed by atoms with Gasteiger partial charge >= 0.3 is 6.18 Å². The third kappa shape index (κ3) is 3.73. The molecule has 3 N–H and O–H groups in total. The minimum Gasteiger partial charge on any atom is -0.397 e. The lowest BCUT2D eigenvalue weighted by atomic mass is 10.2. The number of benzene rings is 1. The molecule has 0 saturated carbocycles. The third-order valence-corrected chi connectivity index (χ3v) is 3.55. The zero-order valence-electron chi connectivity index (χ0n) is 10.3. The summed E-state index contributed by atoms with van der Waals surface area (Å²) in [6.45, 7) is 2.13. The lowest BCUT2D eigenvalue weighted by Crippen LogP contribution is -2.11. The number of anilines is 2. The minimum atomic E-state index is -4.11. The number of hydrogen-bond donors (Lipinski definition) is 2. The van der Waals surface area contributed by atoms with Crippen LogP contribution in [0.4, 0.5) is 24.5 Å². The molecule has 0 bridgehead atoms. The van der Waals surface area contributed by atoms with Gasteiger partial charge in [-0.15, -0.1) is 11.3 Å². The number of halogens is 3. The molecule has 0 fully saturated rings. The van der Waals surface area contributed by atoms with Crippen LogP contribution in [0.5, 0.6) is 0 Å². The van der Waals surface area contributed by atoms with Gasteiger partial charge in [0, 0.05) is 13.0 Å². The molecule has 3 nitrogen and oxygen atoms in total. The Hall–Kier alpha value is -1.50. The topological polar surface area (TPSA) is 50.9 Å². The molecule has 19 heavy (non-hydrogen) atoms. The lowest BCUT2D eigenvalue weighted by Gasteiger charge is -2.10. The summed E-state index contributed by atoms with van der Waals surface area (Å²) >= 11 is 1.54. The number of nitrogens with one attached hydrogen (secondary N) is 1. The van der Waals surface area contributed by atoms with E-state index in [1.165, 1.54) is 11.3 Å². The zero-order valence-corrected chi connectivity index (χ0v) is 11.2. The second kappa shape index (κ2) is 5.24. The summed E-state index contributed by atoms with van der Waals surface area (Å²) in [7, 11) is 0. The number of aryl methyl sites for hydroxylation is 1. The van der Waals surface area contributed by atoms with Gasteiger partial charge in [0.1, 0.15) is 0 Å². The Morgan fingerprint density at radius 3 is 2.79 bits per heavy atom. The van der Waals surface area contributed by atoms with Gasteiger partial charge in [-0.05, 0) is 25.5 Å². The predicted molar refractivity (Wildman–Crippen MR) is 72.5 cm³/mol. The van der Waals surface area contributed by atoms with Gasteiger partial charge in [0.2, 0.25) is 0 Å². The molecule has 0 aliphatic heterocycles. The van der Waals surface area contributed by atoms with E-state index in [9.17, 15) is 13.2 Å². The average Bonchev–Trinajstić information content (AvgIpc) is 2.62. The Bertz CT molecular complexity index is 577. The molecule has 0 atom stereocenters. The van der Waals surface area contributed by atoms with E-state index in [1.807, 2.05) is 6.92 Å². The van der Waals surface area contributed by atoms with Crippen molar-refractivity contribution in [3.05, 3.63) is 17.1 Å². The first-order valence-corrected chi connectivity index (χ1v) is 6.64. The number of fused-ring (bicyclic) bond motifs is 1. The number of aromatic nitrogens is 1. The summed E-state index contributed by atoms with van der Waals surface area (Å²) in [4.78, 5) is 4.33. The van der Waals surface area contributed by atoms with Crippen LogP contribution < -0.4 is 11.1 Å². The van der Waals surface area contributed by atoms with E-state index in [1.54, 1.807) is 12.1 Å². The summed E-state index contributed by atoms with van der Waals surface area (Å²) in [5.74, 6) is 0. The Morgan fingerprint density at radius 2 is 2.11 bits per heavy atom. The molecule has 1 heterocycles. The highest BCUT2D eigenvalue weighted by Gasteiger charge is 2.25. The van der Waals surface area contributed by atoms with Gasteiger partial charge in [0.05, 0.1) is 26.6 Å². The van der Waals surface area contributed by atoms with Gasteiger partial charge in [-0.2, -0.15) is 13.2 Å². The molecule has 0 unspecified atom stereocenters. The minimum absolute atomic E-state index is 0.0249. The van der Waals surface area contributed by atoms with E-state index in [0.29, 0.717) is 11.4 Å². The molecule has 0 aliphatic carbocycles. The first-order valence-electron chi connectivity index (χ1n) is 5.82. The first-order chi connectivity index (χ1) is 8.85. The monoisotopic (exact) mass is 289 g/mol. The van der Waals surface area contributed by atoms with Gasteiger partial charge in [0.15, 0.2) is 0 Å². The molecule has 7 heteroatoms. The van der Waals surface area contributed by atoms with E-state index >= 15 is 0 Å². The number of nitrogens with zero attached hydrogens (tertiary/aromatic N) is 1. The Labute approximate surface area is 112 Å². The second-order valence-corrected chi connectivity index (χ2v) is 5.52. The van der Waals surface area contributed by atoms with Crippen LogP contribution in [-0.2, 0) is 0 Å². The largest absolute Gasteiger partial charge is 0.397 e. The molecule has 104 valence electrons. The van der Waals surface area contributed by atoms with Crippen LogP contribution in [0.15, 0.2) is 12.1 Å². The van der Waals surface area contributed by atoms with Gasteiger partial charge < -0.3 is 11.1 Å². The van der Waals surface area contributed by atoms with Crippen molar-refractivity contribution in [1.82, 2.24) is 4.98 Å². The maximum absolute atomic E-state index is 12.0. The van der Waals surface area contributed by atoms with Crippen molar-refractivity contribution >= 4 is 32.9 Å². The standard InChI is InChI=1S/C12H14F3N3S/c1-7-18-10-6-9(8(16)5-11(10)19-7)17-4-2-3-12(13,14)15/h5-6,17H,2-4,16H2,1H3. The Balaban J connectivity index is 2.02. The van der Waals surface area contributed by atoms with Gasteiger partial charge in [-0.1, -0.05) is 0 Å². The maximum Gasteiger partial charge on any atom is 0.389 e. The van der Waals surface area contributed by atoms with Crippen LogP contribution in [0.1, 0.15) is 17.8 Å². The molecule has 0 spiro atoms. The van der Waals surface area contributed by atoms with Crippen molar-refractivity contribution in [2.24, 2.45) is 0 Å². The number of nitrogens with two attached hydrogens (primary N) is 1. The molecular formula is C12H14F3N3S. The number of rotatable bonds is 4. The van der Waals surface area contributed by atoms with Crippen molar-refractivity contribution in [3.63, 3.8) is 0 Å². The molecule has 0 saturated heterocycles. The van der Waals surface area contributed by atoms with E-state index < -0.39 is 12.6 Å². The van der Waals surface area contributed by atoms with E-state index in [0.717, 1.165) is 15.2 Å². The van der Waals surface area contributed by atoms with Crippen LogP contribution in [0.25, 0.3) is 10.2 Å². The van der Waals surface area contributed by atoms with E-state index in [2.05, 4.69) is 10.3 Å². The highest BCUT2D eigenvalue weighted by Crippen LogP contribution is 2.30. The van der Waals surface area contributed by atoms with Crippen molar-refractivity contribution in [2.45, 2.75) is 25.9 Å². The third-order valence-electron chi connectivity index (χ3n) is 2.62. The molecule has 1 aromatic carbocycles. The number of hydrogen-bond acceptors (Lipinski definition) is 4. The van der Waals surface area contributed by atoms with Crippen LogP contribution in [0.2, 0.25) is 0 Å². The van der Waals surface area contributed by atoms with Gasteiger partial charge in [-0.25, -0.2) is 4.98 Å². The highest BCUT2D eigenvalue weighted by molar-refractivity contribution is 7.18. The highest BCUT2D eigenvalue weighted by atomic mass is 32.1. The number of alkyl halides is 3. The molecule has 0 aliphatic rings. The van der Waals surface area contributed by atoms with Crippen molar-refractivity contribution in [3.8, 4) is 0 Å². The van der Waals surface area contributed by atoms with Crippen LogP contribution >= 0.6 is 11.3 Å². The molecule has 0 amide bonds. The molecule has 2 rings (SSSR count). The van der Waals surface area contributed by atoms with Crippen LogP contribution in [-0.4, -0.2) is 17.7 Å². The van der Waals surface area contributed by atoms with E-state index in [-0.39, 0.29) is 13.0 Å². The number of thiazole rings is 1. The second-order valence-electron chi connectivity index (χ2n) is 4.29. The Kier molecular flexibility index (Phi) is 3.84. The summed E-state index contributed by atoms with van der Waals surface area (Å²) < 4.78 is 37.0. The molecular weight excluding hydrogens is 275 g/mol. The zero-order chi connectivity index (χ0) is 14.0. The fourth-order valence-electron chi connectivity index (χ4n) is 1.77. The number of nitrogen functional groups attached to an aromatic ring is 1. The van der Waals surface area contributed by atoms with Crippen molar-refractivity contribution in [2.75, 3.05) is 17.6 Å².